The van der Waals surface area contributed by atoms with Crippen LogP contribution in [-0.4, -0.2) is 17.1 Å². The highest BCUT2D eigenvalue weighted by molar-refractivity contribution is 5.98. The predicted octanol–water partition coefficient (Wildman–Crippen LogP) is 4.82. The van der Waals surface area contributed by atoms with Gasteiger partial charge in [0, 0.05) is 18.4 Å². The average molecular weight is 361 g/mol. The fourth-order valence-electron chi connectivity index (χ4n) is 4.02. The maximum Gasteiger partial charge on any atom is 0.145 e. The third-order valence-electron chi connectivity index (χ3n) is 5.38. The molecule has 0 spiro atoms. The van der Waals surface area contributed by atoms with Gasteiger partial charge in [-0.15, -0.1) is 0 Å². The SMILES string of the molecule is Cc1ccccc1C(CO[SiH3])C(c1ccccc1C)c1ccccc1C. The van der Waals surface area contributed by atoms with Crippen molar-refractivity contribution in [3.63, 3.8) is 0 Å². The van der Waals surface area contributed by atoms with E-state index < -0.39 is 0 Å². The monoisotopic (exact) mass is 360 g/mol. The van der Waals surface area contributed by atoms with Crippen LogP contribution < -0.4 is 0 Å². The van der Waals surface area contributed by atoms with Gasteiger partial charge in [0.2, 0.25) is 0 Å². The van der Waals surface area contributed by atoms with Gasteiger partial charge in [0.15, 0.2) is 0 Å². The van der Waals surface area contributed by atoms with E-state index in [0.717, 1.165) is 17.1 Å². The fourth-order valence-corrected chi connectivity index (χ4v) is 4.38. The number of benzene rings is 3. The molecule has 0 radical (unpaired) electrons. The van der Waals surface area contributed by atoms with E-state index >= 15 is 0 Å². The van der Waals surface area contributed by atoms with Crippen LogP contribution >= 0.6 is 0 Å². The molecular weight excluding hydrogens is 332 g/mol. The molecule has 0 heterocycles. The van der Waals surface area contributed by atoms with Crippen molar-refractivity contribution >= 4 is 10.5 Å². The second kappa shape index (κ2) is 8.48. The second-order valence-electron chi connectivity index (χ2n) is 7.11. The standard InChI is InChI=1S/C24H28OSi/c1-17-10-4-7-13-20(17)23(16-25-26)24(21-14-8-5-11-18(21)2)22-15-9-6-12-19(22)3/h4-15,23-24H,16H2,1-3,26H3. The van der Waals surface area contributed by atoms with Crippen molar-refractivity contribution in [2.45, 2.75) is 32.6 Å². The van der Waals surface area contributed by atoms with Crippen LogP contribution in [0.15, 0.2) is 72.8 Å². The smallest absolute Gasteiger partial charge is 0.145 e. The second-order valence-corrected chi connectivity index (χ2v) is 7.69. The summed E-state index contributed by atoms with van der Waals surface area (Å²) in [4.78, 5) is 0. The van der Waals surface area contributed by atoms with Gasteiger partial charge >= 0.3 is 0 Å². The molecule has 1 nitrogen and oxygen atoms in total. The van der Waals surface area contributed by atoms with Gasteiger partial charge < -0.3 is 4.43 Å². The first-order valence-corrected chi connectivity index (χ1v) is 10.1. The van der Waals surface area contributed by atoms with Crippen LogP contribution in [0.4, 0.5) is 0 Å². The molecule has 2 heteroatoms. The summed E-state index contributed by atoms with van der Waals surface area (Å²) in [6.45, 7) is 7.40. The molecule has 0 fully saturated rings. The van der Waals surface area contributed by atoms with E-state index in [4.69, 9.17) is 4.43 Å². The molecule has 1 unspecified atom stereocenters. The molecule has 0 saturated carbocycles. The normalized spacial score (nSPS) is 12.5. The van der Waals surface area contributed by atoms with Gasteiger partial charge in [0.05, 0.1) is 0 Å². The summed E-state index contributed by atoms with van der Waals surface area (Å²) in [6, 6.07) is 26.3. The Kier molecular flexibility index (Phi) is 6.07. The molecule has 134 valence electrons. The molecule has 0 aliphatic carbocycles. The summed E-state index contributed by atoms with van der Waals surface area (Å²) in [5.41, 5.74) is 8.20. The zero-order valence-corrected chi connectivity index (χ0v) is 18.2. The molecule has 0 aliphatic rings. The predicted molar refractivity (Wildman–Crippen MR) is 114 cm³/mol. The molecular formula is C24H28OSi. The van der Waals surface area contributed by atoms with Crippen molar-refractivity contribution in [3.05, 3.63) is 106 Å². The molecule has 3 aromatic rings. The van der Waals surface area contributed by atoms with Crippen LogP contribution in [0.5, 0.6) is 0 Å². The van der Waals surface area contributed by atoms with Gasteiger partial charge in [0.25, 0.3) is 0 Å². The third-order valence-corrected chi connectivity index (χ3v) is 5.72. The van der Waals surface area contributed by atoms with Crippen molar-refractivity contribution in [2.24, 2.45) is 0 Å². The van der Waals surface area contributed by atoms with E-state index in [2.05, 4.69) is 93.6 Å². The topological polar surface area (TPSA) is 9.23 Å². The molecule has 26 heavy (non-hydrogen) atoms. The van der Waals surface area contributed by atoms with Crippen molar-refractivity contribution in [3.8, 4) is 0 Å². The maximum absolute atomic E-state index is 5.86. The van der Waals surface area contributed by atoms with Crippen LogP contribution in [0, 0.1) is 20.8 Å². The Morgan fingerprint density at radius 1 is 0.654 bits per heavy atom. The Hall–Kier alpha value is -2.16. The van der Waals surface area contributed by atoms with Gasteiger partial charge in [-0.2, -0.15) is 0 Å². The van der Waals surface area contributed by atoms with E-state index in [9.17, 15) is 0 Å². The quantitative estimate of drug-likeness (QED) is 0.572. The minimum absolute atomic E-state index is 0.285. The molecule has 0 bridgehead atoms. The van der Waals surface area contributed by atoms with E-state index in [1.807, 2.05) is 0 Å². The third kappa shape index (κ3) is 3.82. The van der Waals surface area contributed by atoms with Gasteiger partial charge in [-0.3, -0.25) is 0 Å². The van der Waals surface area contributed by atoms with E-state index in [0.29, 0.717) is 5.92 Å². The number of hydrogen-bond acceptors (Lipinski definition) is 1. The highest BCUT2D eigenvalue weighted by Gasteiger charge is 2.29. The summed E-state index contributed by atoms with van der Waals surface area (Å²) in [7, 11) is 0.753. The van der Waals surface area contributed by atoms with Crippen LogP contribution in [-0.2, 0) is 4.43 Å². The summed E-state index contributed by atoms with van der Waals surface area (Å²) >= 11 is 0. The zero-order chi connectivity index (χ0) is 18.5. The van der Waals surface area contributed by atoms with E-state index in [1.54, 1.807) is 0 Å². The van der Waals surface area contributed by atoms with Crippen LogP contribution in [0.25, 0.3) is 0 Å². The zero-order valence-electron chi connectivity index (χ0n) is 16.2. The van der Waals surface area contributed by atoms with Crippen LogP contribution in [0.1, 0.15) is 45.2 Å². The first-order valence-electron chi connectivity index (χ1n) is 9.29. The lowest BCUT2D eigenvalue weighted by Crippen LogP contribution is -2.20. The molecule has 3 aromatic carbocycles. The van der Waals surface area contributed by atoms with Crippen LogP contribution in [0.3, 0.4) is 0 Å². The minimum atomic E-state index is 0.285. The fraction of sp³-hybridized carbons (Fsp3) is 0.250. The molecule has 0 aromatic heterocycles. The lowest BCUT2D eigenvalue weighted by atomic mass is 9.74. The van der Waals surface area contributed by atoms with Gasteiger partial charge in [-0.25, -0.2) is 0 Å². The highest BCUT2D eigenvalue weighted by Crippen LogP contribution is 2.42. The van der Waals surface area contributed by atoms with Gasteiger partial charge in [-0.1, -0.05) is 72.8 Å². The van der Waals surface area contributed by atoms with E-state index in [-0.39, 0.29) is 5.92 Å². The summed E-state index contributed by atoms with van der Waals surface area (Å²) in [5.74, 6) is 0.586. The highest BCUT2D eigenvalue weighted by atomic mass is 28.2. The molecule has 0 amide bonds. The van der Waals surface area contributed by atoms with Crippen molar-refractivity contribution in [1.29, 1.82) is 0 Å². The first kappa shape index (κ1) is 18.6. The van der Waals surface area contributed by atoms with Crippen molar-refractivity contribution in [2.75, 3.05) is 6.61 Å². The minimum Gasteiger partial charge on any atom is -0.427 e. The lowest BCUT2D eigenvalue weighted by Gasteiger charge is -2.31. The largest absolute Gasteiger partial charge is 0.427 e. The summed E-state index contributed by atoms with van der Waals surface area (Å²) in [5, 5.41) is 0. The Labute approximate surface area is 160 Å². The van der Waals surface area contributed by atoms with Gasteiger partial charge in [0.1, 0.15) is 10.5 Å². The molecule has 0 saturated heterocycles. The molecule has 1 atom stereocenters. The van der Waals surface area contributed by atoms with E-state index in [1.165, 1.54) is 33.4 Å². The van der Waals surface area contributed by atoms with Crippen molar-refractivity contribution in [1.82, 2.24) is 0 Å². The molecule has 3 rings (SSSR count). The lowest BCUT2D eigenvalue weighted by molar-refractivity contribution is 0.301. The first-order chi connectivity index (χ1) is 12.6. The Bertz CT molecular complexity index is 826. The maximum atomic E-state index is 5.86. The van der Waals surface area contributed by atoms with Gasteiger partial charge in [-0.05, 0) is 54.2 Å². The molecule has 0 N–H and O–H groups in total. The van der Waals surface area contributed by atoms with Crippen LogP contribution in [0.2, 0.25) is 0 Å². The number of rotatable bonds is 6. The Morgan fingerprint density at radius 3 is 1.42 bits per heavy atom. The Balaban J connectivity index is 2.23. The number of hydrogen-bond donors (Lipinski definition) is 0. The number of aryl methyl sites for hydroxylation is 3. The Morgan fingerprint density at radius 2 is 1.04 bits per heavy atom. The molecule has 0 aliphatic heterocycles. The van der Waals surface area contributed by atoms with Crippen molar-refractivity contribution < 1.29 is 4.43 Å². The summed E-state index contributed by atoms with van der Waals surface area (Å²) < 4.78 is 5.86. The summed E-state index contributed by atoms with van der Waals surface area (Å²) in [6.07, 6.45) is 0. The average Bonchev–Trinajstić information content (AvgIpc) is 2.64.